The van der Waals surface area contributed by atoms with Crippen LogP contribution in [0.15, 0.2) is 111 Å². The summed E-state index contributed by atoms with van der Waals surface area (Å²) >= 11 is 0. The van der Waals surface area contributed by atoms with Gasteiger partial charge in [-0.25, -0.2) is 16.8 Å². The van der Waals surface area contributed by atoms with Crippen molar-refractivity contribution in [3.63, 3.8) is 0 Å². The lowest BCUT2D eigenvalue weighted by Crippen LogP contribution is -2.52. The summed E-state index contributed by atoms with van der Waals surface area (Å²) in [6.45, 7) is 8.69. The number of sulfonamides is 2. The van der Waals surface area contributed by atoms with Gasteiger partial charge in [0.1, 0.15) is 5.78 Å². The fourth-order valence-corrected chi connectivity index (χ4v) is 14.6. The van der Waals surface area contributed by atoms with Crippen LogP contribution >= 0.6 is 0 Å². The largest absolute Gasteiger partial charge is 0.299 e. The maximum Gasteiger partial charge on any atom is 0.243 e. The number of rotatable bonds is 6. The molecule has 0 aromatic heterocycles. The van der Waals surface area contributed by atoms with Gasteiger partial charge in [0, 0.05) is 37.1 Å². The van der Waals surface area contributed by atoms with Crippen LogP contribution in [0.1, 0.15) is 30.4 Å². The minimum Gasteiger partial charge on any atom is -0.299 e. The van der Waals surface area contributed by atoms with Crippen molar-refractivity contribution in [2.75, 3.05) is 19.6 Å². The second kappa shape index (κ2) is 11.2. The van der Waals surface area contributed by atoms with E-state index in [0.29, 0.717) is 12.8 Å². The number of hydrogen-bond donors (Lipinski definition) is 0. The zero-order chi connectivity index (χ0) is 32.6. The Morgan fingerprint density at radius 1 is 0.696 bits per heavy atom. The van der Waals surface area contributed by atoms with Gasteiger partial charge in [0.25, 0.3) is 0 Å². The van der Waals surface area contributed by atoms with Gasteiger partial charge in [-0.3, -0.25) is 4.79 Å². The summed E-state index contributed by atoms with van der Waals surface area (Å²) in [5, 5.41) is 1.15. The second-order valence-electron chi connectivity index (χ2n) is 13.8. The van der Waals surface area contributed by atoms with E-state index in [1.165, 1.54) is 4.31 Å². The van der Waals surface area contributed by atoms with Crippen molar-refractivity contribution in [1.82, 2.24) is 8.61 Å². The third-order valence-corrected chi connectivity index (χ3v) is 18.2. The quantitative estimate of drug-likeness (QED) is 0.330. The number of benzene rings is 3. The minimum absolute atomic E-state index is 0.129. The summed E-state index contributed by atoms with van der Waals surface area (Å²) < 4.78 is 59.7. The number of nitrogens with zero attached hydrogens (tertiary/aromatic N) is 2. The number of hydrogen-bond acceptors (Lipinski definition) is 5. The third kappa shape index (κ3) is 4.92. The fourth-order valence-electron chi connectivity index (χ4n) is 8.19. The average Bonchev–Trinajstić information content (AvgIpc) is 3.63. The first-order chi connectivity index (χ1) is 21.8. The summed E-state index contributed by atoms with van der Waals surface area (Å²) in [7, 11) is -10.3. The van der Waals surface area contributed by atoms with Gasteiger partial charge in [-0.05, 0) is 73.2 Å². The molecule has 3 atom stereocenters. The highest BCUT2D eigenvalue weighted by Crippen LogP contribution is 2.53. The molecular weight excluding hydrogens is 633 g/mol. The molecule has 0 amide bonds. The zero-order valence-electron chi connectivity index (χ0n) is 26.7. The summed E-state index contributed by atoms with van der Waals surface area (Å²) in [6, 6.07) is 23.6. The number of carbonyl (C=O) groups excluding carboxylic acids is 1. The molecule has 0 saturated heterocycles. The molecule has 1 unspecified atom stereocenters. The minimum atomic E-state index is -3.87. The molecule has 1 fully saturated rings. The van der Waals surface area contributed by atoms with Crippen LogP contribution in [0.2, 0.25) is 18.6 Å². The van der Waals surface area contributed by atoms with Gasteiger partial charge >= 0.3 is 0 Å². The van der Waals surface area contributed by atoms with Crippen LogP contribution in [0.3, 0.4) is 0 Å². The molecule has 2 heterocycles. The van der Waals surface area contributed by atoms with E-state index in [9.17, 15) is 16.8 Å². The number of Topliss-reactive ketones (excluding diaryl/α,β-unsaturated/α-hetero) is 1. The van der Waals surface area contributed by atoms with Gasteiger partial charge in [-0.1, -0.05) is 90.4 Å². The highest BCUT2D eigenvalue weighted by atomic mass is 32.2. The number of fused-ring (bicyclic) bond motifs is 1. The molecule has 1 saturated carbocycles. The lowest BCUT2D eigenvalue weighted by Gasteiger charge is -2.39. The molecule has 46 heavy (non-hydrogen) atoms. The van der Waals surface area contributed by atoms with Crippen molar-refractivity contribution in [1.29, 1.82) is 0 Å². The van der Waals surface area contributed by atoms with E-state index >= 15 is 4.79 Å². The Morgan fingerprint density at radius 2 is 1.28 bits per heavy atom. The molecule has 2 aliphatic heterocycles. The van der Waals surface area contributed by atoms with E-state index in [4.69, 9.17) is 0 Å². The van der Waals surface area contributed by atoms with Crippen LogP contribution in [0, 0.1) is 19.8 Å². The molecule has 2 aliphatic carbocycles. The molecule has 7 rings (SSSR count). The lowest BCUT2D eigenvalue weighted by atomic mass is 9.77. The van der Waals surface area contributed by atoms with Crippen molar-refractivity contribution in [2.45, 2.75) is 67.6 Å². The first-order valence-electron chi connectivity index (χ1n) is 16.0. The highest BCUT2D eigenvalue weighted by molar-refractivity contribution is 7.89. The number of ketones is 1. The molecule has 7 nitrogen and oxygen atoms in total. The topological polar surface area (TPSA) is 91.8 Å². The third-order valence-electron chi connectivity index (χ3n) is 10.7. The van der Waals surface area contributed by atoms with Gasteiger partial charge in [0.2, 0.25) is 20.0 Å². The van der Waals surface area contributed by atoms with Crippen LogP contribution in [0.4, 0.5) is 0 Å². The van der Waals surface area contributed by atoms with Gasteiger partial charge in [-0.15, -0.1) is 0 Å². The van der Waals surface area contributed by atoms with E-state index in [1.807, 2.05) is 32.0 Å². The van der Waals surface area contributed by atoms with Crippen molar-refractivity contribution < 1.29 is 21.6 Å². The maximum atomic E-state index is 15.0. The SMILES string of the molecule is Cc1ccc(S(=O)(=O)N2CC3=C(C2)C([Si](C)(C)c2ccccc2)C(=O)[C@@H]2CCC[C@H]4C2=C3CN4S(=O)(=O)c2ccc(C)cc2)cc1. The average molecular weight is 673 g/mol. The smallest absolute Gasteiger partial charge is 0.243 e. The zero-order valence-corrected chi connectivity index (χ0v) is 29.4. The van der Waals surface area contributed by atoms with Crippen molar-refractivity contribution in [3.05, 3.63) is 112 Å². The van der Waals surface area contributed by atoms with Crippen LogP contribution in [0.25, 0.3) is 0 Å². The van der Waals surface area contributed by atoms with Crippen LogP contribution in [-0.2, 0) is 24.8 Å². The summed E-state index contributed by atoms with van der Waals surface area (Å²) in [5.41, 5.74) is 5.04. The van der Waals surface area contributed by atoms with E-state index in [1.54, 1.807) is 52.8 Å². The lowest BCUT2D eigenvalue weighted by molar-refractivity contribution is -0.121. The Balaban J connectivity index is 1.37. The molecule has 4 aliphatic rings. The standard InChI is InChI=1S/C36H40N2O5S2Si/c1-24-13-17-26(18-14-24)44(40,41)37-21-30-31-23-38(45(42,43)27-19-15-25(2)16-20-27)33-12-8-11-29(34(31)33)35(39)36(32(30)22-37)46(3,4)28-9-6-5-7-10-28/h5-7,9-10,13-20,29,33,36H,8,11-12,21-23H2,1-4H3/t29-,33+,36?/m1/s1. The predicted octanol–water partition coefficient (Wildman–Crippen LogP) is 5.34. The van der Waals surface area contributed by atoms with E-state index in [-0.39, 0.29) is 41.1 Å². The summed E-state index contributed by atoms with van der Waals surface area (Å²) in [5.74, 6) is -0.243. The van der Waals surface area contributed by atoms with Gasteiger partial charge in [-0.2, -0.15) is 8.61 Å². The first kappa shape index (κ1) is 31.4. The van der Waals surface area contributed by atoms with Crippen molar-refractivity contribution in [2.24, 2.45) is 5.92 Å². The van der Waals surface area contributed by atoms with Crippen molar-refractivity contribution in [3.8, 4) is 0 Å². The van der Waals surface area contributed by atoms with Gasteiger partial charge < -0.3 is 0 Å². The molecular formula is C36H40N2O5S2Si. The van der Waals surface area contributed by atoms with E-state index < -0.39 is 39.7 Å². The highest BCUT2D eigenvalue weighted by Gasteiger charge is 2.55. The Morgan fingerprint density at radius 3 is 1.89 bits per heavy atom. The Hall–Kier alpha value is -3.15. The van der Waals surface area contributed by atoms with E-state index in [0.717, 1.165) is 45.0 Å². The molecule has 240 valence electrons. The van der Waals surface area contributed by atoms with Gasteiger partial charge in [0.05, 0.1) is 17.9 Å². The Bertz CT molecular complexity index is 2000. The van der Waals surface area contributed by atoms with Crippen molar-refractivity contribution >= 4 is 39.1 Å². The molecule has 0 spiro atoms. The maximum absolute atomic E-state index is 15.0. The Kier molecular flexibility index (Phi) is 7.68. The van der Waals surface area contributed by atoms with Gasteiger partial charge in [0.15, 0.2) is 0 Å². The molecule has 0 bridgehead atoms. The second-order valence-corrected chi connectivity index (χ2v) is 22.2. The van der Waals surface area contributed by atoms with E-state index in [2.05, 4.69) is 25.2 Å². The van der Waals surface area contributed by atoms with Crippen LogP contribution < -0.4 is 5.19 Å². The molecule has 0 N–H and O–H groups in total. The summed E-state index contributed by atoms with van der Waals surface area (Å²) in [4.78, 5) is 15.5. The monoisotopic (exact) mass is 672 g/mol. The summed E-state index contributed by atoms with van der Waals surface area (Å²) in [6.07, 6.45) is 2.09. The molecule has 10 heteroatoms. The normalized spacial score (nSPS) is 24.3. The van der Waals surface area contributed by atoms with Crippen LogP contribution in [-0.4, -0.2) is 65.0 Å². The van der Waals surface area contributed by atoms with Crippen LogP contribution in [0.5, 0.6) is 0 Å². The fraction of sp³-hybridized carbons (Fsp3) is 0.361. The molecule has 3 aromatic carbocycles. The number of carbonyl (C=O) groups is 1. The Labute approximate surface area is 273 Å². The number of aryl methyl sites for hydroxylation is 2. The molecule has 0 radical (unpaired) electrons. The molecule has 3 aromatic rings. The predicted molar refractivity (Wildman–Crippen MR) is 183 cm³/mol. The first-order valence-corrected chi connectivity index (χ1v) is 22.0.